The Morgan fingerprint density at radius 1 is 0.529 bits per heavy atom. The average Bonchev–Trinajstić information content (AvgIpc) is 4.03. The first-order valence-corrected chi connectivity index (χ1v) is 23.4. The minimum absolute atomic E-state index is 0.0202. The molecule has 68 heavy (non-hydrogen) atoms. The van der Waals surface area contributed by atoms with Gasteiger partial charge in [-0.1, -0.05) is 157 Å². The van der Waals surface area contributed by atoms with Gasteiger partial charge in [0.1, 0.15) is 28.5 Å². The van der Waals surface area contributed by atoms with Gasteiger partial charge in [0.15, 0.2) is 0 Å². The van der Waals surface area contributed by atoms with Crippen LogP contribution in [0.3, 0.4) is 0 Å². The fourth-order valence-electron chi connectivity index (χ4n) is 9.94. The maximum atomic E-state index is 6.79. The number of ether oxygens (including phenoxy) is 1. The van der Waals surface area contributed by atoms with Gasteiger partial charge in [-0.05, 0) is 105 Å². The van der Waals surface area contributed by atoms with Crippen molar-refractivity contribution in [3.8, 4) is 50.9 Å². The summed E-state index contributed by atoms with van der Waals surface area (Å²) in [4.78, 5) is 4.89. The Kier molecular flexibility index (Phi) is 9.52. The second-order valence-corrected chi connectivity index (χ2v) is 19.9. The summed E-state index contributed by atoms with van der Waals surface area (Å²) in [5.74, 6) is 2.34. The minimum atomic E-state index is -0.198. The van der Waals surface area contributed by atoms with E-state index in [0.717, 1.165) is 100 Å². The molecule has 0 fully saturated rings. The summed E-state index contributed by atoms with van der Waals surface area (Å²) in [7, 11) is 0. The molecule has 6 nitrogen and oxygen atoms in total. The Balaban J connectivity index is 0.993. The fourth-order valence-corrected chi connectivity index (χ4v) is 9.94. The maximum Gasteiger partial charge on any atom is 0.269 e. The van der Waals surface area contributed by atoms with Gasteiger partial charge in [-0.2, -0.15) is 0 Å². The summed E-state index contributed by atoms with van der Waals surface area (Å²) in [6, 6.07) is 66.3. The molecule has 4 heterocycles. The van der Waals surface area contributed by atoms with Gasteiger partial charge in [0.25, 0.3) is 6.33 Å². The SMILES string of the molecule is CC(C)(C)c1ccnc(-n2c3ccccc3c3ccc(Oc4cccc(-n5[c-][n+](-c6c(-c7cc(-c8ccccc8)c8oc9ccccc9c8c7)cccc6C(C)(C)C)c6ccccc65)c4)cc32)c1. The molecule has 0 amide bonds. The van der Waals surface area contributed by atoms with Crippen LogP contribution in [0.15, 0.2) is 199 Å². The standard InChI is InChI=1S/C62H50N4O2/c1-61(2,3)42-32-33-63-58(36-42)66-53-26-12-10-22-47(53)48-31-30-45(38-56(48)66)67-44-21-16-20-43(37-44)64-39-65(55-28-14-13-27-54(55)64)59-46(24-17-25-52(59)62(4,5)6)41-34-50(40-18-8-7-9-19-40)60-51(35-41)49-23-11-15-29-57(49)68-60/h7-38H,1-6H3. The van der Waals surface area contributed by atoms with Crippen molar-refractivity contribution in [2.45, 2.75) is 52.4 Å². The predicted octanol–water partition coefficient (Wildman–Crippen LogP) is 15.8. The monoisotopic (exact) mass is 882 g/mol. The Morgan fingerprint density at radius 3 is 2.07 bits per heavy atom. The molecule has 0 saturated carbocycles. The lowest BCUT2D eigenvalue weighted by molar-refractivity contribution is -0.572. The van der Waals surface area contributed by atoms with Crippen LogP contribution in [0, 0.1) is 6.33 Å². The lowest BCUT2D eigenvalue weighted by Gasteiger charge is -2.26. The van der Waals surface area contributed by atoms with Crippen molar-refractivity contribution in [1.82, 2.24) is 14.1 Å². The van der Waals surface area contributed by atoms with E-state index in [1.807, 2.05) is 18.3 Å². The molecule has 0 saturated heterocycles. The van der Waals surface area contributed by atoms with Crippen LogP contribution in [0.1, 0.15) is 52.7 Å². The van der Waals surface area contributed by atoms with Crippen molar-refractivity contribution in [2.24, 2.45) is 0 Å². The van der Waals surface area contributed by atoms with Gasteiger partial charge in [-0.15, -0.1) is 0 Å². The van der Waals surface area contributed by atoms with Crippen LogP contribution in [-0.4, -0.2) is 14.1 Å². The summed E-state index contributed by atoms with van der Waals surface area (Å²) in [5, 5.41) is 4.50. The maximum absolute atomic E-state index is 6.79. The smallest absolute Gasteiger partial charge is 0.269 e. The van der Waals surface area contributed by atoms with Gasteiger partial charge in [-0.25, -0.2) is 4.98 Å². The van der Waals surface area contributed by atoms with Crippen molar-refractivity contribution >= 4 is 54.8 Å². The number of fused-ring (bicyclic) bond motifs is 7. The van der Waals surface area contributed by atoms with Crippen molar-refractivity contribution in [2.75, 3.05) is 0 Å². The largest absolute Gasteiger partial charge is 0.458 e. The molecule has 8 aromatic carbocycles. The first-order valence-electron chi connectivity index (χ1n) is 23.4. The number of pyridine rings is 1. The Morgan fingerprint density at radius 2 is 1.25 bits per heavy atom. The van der Waals surface area contributed by atoms with Crippen LogP contribution in [0.4, 0.5) is 0 Å². The van der Waals surface area contributed by atoms with Crippen LogP contribution in [0.2, 0.25) is 0 Å². The van der Waals surface area contributed by atoms with Crippen LogP contribution < -0.4 is 9.30 Å². The van der Waals surface area contributed by atoms with E-state index in [4.69, 9.17) is 14.1 Å². The number of hydrogen-bond acceptors (Lipinski definition) is 3. The highest BCUT2D eigenvalue weighted by Gasteiger charge is 2.26. The molecule has 0 bridgehead atoms. The fraction of sp³-hybridized carbons (Fsp3) is 0.129. The van der Waals surface area contributed by atoms with E-state index in [1.54, 1.807) is 0 Å². The average molecular weight is 883 g/mol. The number of rotatable bonds is 7. The normalized spacial score (nSPS) is 12.3. The van der Waals surface area contributed by atoms with Gasteiger partial charge in [-0.3, -0.25) is 13.7 Å². The summed E-state index contributed by atoms with van der Waals surface area (Å²) in [6.45, 7) is 13.6. The van der Waals surface area contributed by atoms with E-state index in [-0.39, 0.29) is 10.8 Å². The van der Waals surface area contributed by atoms with Gasteiger partial charge in [0.05, 0.1) is 33.4 Å². The molecule has 330 valence electrons. The Bertz CT molecular complexity index is 3910. The van der Waals surface area contributed by atoms with Crippen LogP contribution in [-0.2, 0) is 10.8 Å². The molecule has 12 rings (SSSR count). The van der Waals surface area contributed by atoms with E-state index in [9.17, 15) is 0 Å². The molecule has 12 aromatic rings. The number of furan rings is 1. The first kappa shape index (κ1) is 41.2. The zero-order chi connectivity index (χ0) is 46.3. The van der Waals surface area contributed by atoms with E-state index in [2.05, 4.69) is 237 Å². The first-order chi connectivity index (χ1) is 33.0. The van der Waals surface area contributed by atoms with Gasteiger partial charge < -0.3 is 9.15 Å². The van der Waals surface area contributed by atoms with Crippen molar-refractivity contribution in [3.63, 3.8) is 0 Å². The quantitative estimate of drug-likeness (QED) is 0.118. The highest BCUT2D eigenvalue weighted by atomic mass is 16.5. The molecule has 0 N–H and O–H groups in total. The molecular formula is C62H50N4O2. The molecule has 0 aliphatic carbocycles. The van der Waals surface area contributed by atoms with Gasteiger partial charge in [0.2, 0.25) is 0 Å². The Hall–Kier alpha value is -8.22. The number of nitrogens with zero attached hydrogens (tertiary/aromatic N) is 4. The number of benzene rings is 8. The molecule has 0 atom stereocenters. The van der Waals surface area contributed by atoms with Crippen LogP contribution in [0.5, 0.6) is 11.5 Å². The molecule has 0 unspecified atom stereocenters. The second kappa shape index (κ2) is 15.7. The van der Waals surface area contributed by atoms with Gasteiger partial charge >= 0.3 is 0 Å². The van der Waals surface area contributed by atoms with E-state index in [1.165, 1.54) is 16.5 Å². The lowest BCUT2D eigenvalue weighted by Crippen LogP contribution is -2.34. The Labute approximate surface area is 395 Å². The molecule has 0 aliphatic rings. The minimum Gasteiger partial charge on any atom is -0.458 e. The van der Waals surface area contributed by atoms with Gasteiger partial charge in [0, 0.05) is 39.4 Å². The van der Waals surface area contributed by atoms with E-state index in [0.29, 0.717) is 0 Å². The summed E-state index contributed by atoms with van der Waals surface area (Å²) < 4.78 is 20.1. The van der Waals surface area contributed by atoms with Crippen LogP contribution >= 0.6 is 0 Å². The molecule has 4 aromatic heterocycles. The second-order valence-electron chi connectivity index (χ2n) is 19.9. The highest BCUT2D eigenvalue weighted by Crippen LogP contribution is 2.43. The molecule has 0 radical (unpaired) electrons. The molecule has 0 aliphatic heterocycles. The molecule has 6 heteroatoms. The number of para-hydroxylation sites is 5. The van der Waals surface area contributed by atoms with Crippen LogP contribution in [0.25, 0.3) is 94.2 Å². The van der Waals surface area contributed by atoms with E-state index >= 15 is 0 Å². The summed E-state index contributed by atoms with van der Waals surface area (Å²) in [5.41, 5.74) is 14.6. The topological polar surface area (TPSA) is 49.0 Å². The lowest BCUT2D eigenvalue weighted by atomic mass is 9.83. The predicted molar refractivity (Wildman–Crippen MR) is 278 cm³/mol. The third-order valence-electron chi connectivity index (χ3n) is 13.3. The van der Waals surface area contributed by atoms with Crippen molar-refractivity contribution < 1.29 is 13.7 Å². The molecule has 0 spiro atoms. The summed E-state index contributed by atoms with van der Waals surface area (Å²) in [6.07, 6.45) is 5.79. The number of aromatic nitrogens is 4. The zero-order valence-corrected chi connectivity index (χ0v) is 39.1. The number of hydrogen-bond donors (Lipinski definition) is 0. The molecular weight excluding hydrogens is 833 g/mol. The third kappa shape index (κ3) is 6.94. The van der Waals surface area contributed by atoms with Crippen molar-refractivity contribution in [3.05, 3.63) is 212 Å². The zero-order valence-electron chi connectivity index (χ0n) is 39.1. The van der Waals surface area contributed by atoms with E-state index < -0.39 is 0 Å². The highest BCUT2D eigenvalue weighted by molar-refractivity contribution is 6.12. The summed E-state index contributed by atoms with van der Waals surface area (Å²) >= 11 is 0. The third-order valence-corrected chi connectivity index (χ3v) is 13.3. The van der Waals surface area contributed by atoms with Crippen molar-refractivity contribution in [1.29, 1.82) is 0 Å². The number of imidazole rings is 1.